The number of hydrogen-bond acceptors (Lipinski definition) is 11. The molecule has 0 aliphatic carbocycles. The number of non-ortho nitro benzene ring substituents is 1. The number of ether oxygens (including phenoxy) is 2. The van der Waals surface area contributed by atoms with E-state index in [9.17, 15) is 29.3 Å². The Bertz CT molecular complexity index is 2690. The summed E-state index contributed by atoms with van der Waals surface area (Å²) in [5, 5.41) is 11.2. The van der Waals surface area contributed by atoms with Gasteiger partial charge in [-0.25, -0.2) is 19.6 Å². The number of nitrogen functional groups attached to an aromatic ring is 1. The summed E-state index contributed by atoms with van der Waals surface area (Å²) < 4.78 is 10.9. The number of carbonyl (C=O) groups is 4. The van der Waals surface area contributed by atoms with Gasteiger partial charge in [-0.3, -0.25) is 29.5 Å². The molecule has 2 fully saturated rings. The molecule has 2 amide bonds. The van der Waals surface area contributed by atoms with Crippen LogP contribution in [-0.2, 0) is 31.9 Å². The van der Waals surface area contributed by atoms with Gasteiger partial charge in [-0.05, 0) is 96.6 Å². The topological polar surface area (TPSA) is 220 Å². The Morgan fingerprint density at radius 3 is 1.52 bits per heavy atom. The largest absolute Gasteiger partial charge is 0.444 e. The van der Waals surface area contributed by atoms with Gasteiger partial charge in [0, 0.05) is 43.1 Å². The third-order valence-corrected chi connectivity index (χ3v) is 10.9. The normalized spacial score (nSPS) is 16.4. The monoisotopic (exact) mass is 870 g/mol. The molecule has 6 aromatic rings. The van der Waals surface area contributed by atoms with Crippen LogP contribution in [0.1, 0.15) is 78.4 Å². The number of imidazole rings is 2. The average Bonchev–Trinajstić information content (AvgIpc) is 4.06. The van der Waals surface area contributed by atoms with Gasteiger partial charge in [0.1, 0.15) is 28.4 Å². The number of anilines is 1. The zero-order valence-electron chi connectivity index (χ0n) is 37.0. The highest BCUT2D eigenvalue weighted by molar-refractivity contribution is 5.92. The molecule has 2 saturated heterocycles. The van der Waals surface area contributed by atoms with Crippen molar-refractivity contribution in [3.05, 3.63) is 106 Å². The number of Topliss-reactive ketones (excluding diaryl/α,β-unsaturated/α-hetero) is 2. The first kappa shape index (κ1) is 44.9. The number of likely N-dealkylation sites (tertiary alicyclic amines) is 2. The van der Waals surface area contributed by atoms with Gasteiger partial charge in [0.2, 0.25) is 0 Å². The van der Waals surface area contributed by atoms with E-state index in [4.69, 9.17) is 15.2 Å². The molecule has 4 N–H and O–H groups in total. The maximum absolute atomic E-state index is 12.9. The Kier molecular flexibility index (Phi) is 12.9. The van der Waals surface area contributed by atoms with Gasteiger partial charge in [-0.2, -0.15) is 0 Å². The first-order chi connectivity index (χ1) is 30.3. The number of nitrogens with one attached hydrogen (secondary N) is 2. The first-order valence-corrected chi connectivity index (χ1v) is 21.4. The van der Waals surface area contributed by atoms with Crippen molar-refractivity contribution < 1.29 is 33.6 Å². The van der Waals surface area contributed by atoms with Crippen LogP contribution in [0.25, 0.3) is 44.8 Å². The summed E-state index contributed by atoms with van der Waals surface area (Å²) >= 11 is 0. The summed E-state index contributed by atoms with van der Waals surface area (Å²) in [5.41, 5.74) is 11.3. The third kappa shape index (κ3) is 10.6. The maximum Gasteiger partial charge on any atom is 0.410 e. The van der Waals surface area contributed by atoms with Crippen LogP contribution in [0.2, 0.25) is 0 Å². The molecule has 2 aliphatic heterocycles. The summed E-state index contributed by atoms with van der Waals surface area (Å²) in [5.74, 6) is 1.26. The van der Waals surface area contributed by atoms with Crippen LogP contribution in [0.15, 0.2) is 84.9 Å². The van der Waals surface area contributed by atoms with Crippen LogP contribution in [-0.4, -0.2) is 94.8 Å². The van der Waals surface area contributed by atoms with E-state index in [-0.39, 0.29) is 30.1 Å². The number of rotatable bonds is 9. The molecule has 0 spiro atoms. The minimum Gasteiger partial charge on any atom is -0.444 e. The molecule has 2 atom stereocenters. The number of nitrogens with zero attached hydrogens (tertiary/aromatic N) is 5. The number of nitro groups is 1. The Labute approximate surface area is 370 Å². The summed E-state index contributed by atoms with van der Waals surface area (Å²) in [6, 6.07) is 24.6. The molecule has 16 nitrogen and oxygen atoms in total. The van der Waals surface area contributed by atoms with Crippen molar-refractivity contribution in [1.82, 2.24) is 29.7 Å². The van der Waals surface area contributed by atoms with Gasteiger partial charge < -0.3 is 25.2 Å². The maximum atomic E-state index is 12.9. The number of aromatic amines is 2. The van der Waals surface area contributed by atoms with E-state index in [1.54, 1.807) is 37.8 Å². The number of para-hydroxylation sites is 2. The van der Waals surface area contributed by atoms with Gasteiger partial charge in [0.25, 0.3) is 5.69 Å². The number of nitro benzene ring substituents is 1. The zero-order valence-corrected chi connectivity index (χ0v) is 37.0. The molecule has 0 saturated carbocycles. The molecular formula is C48H54N8O8. The van der Waals surface area contributed by atoms with E-state index in [0.29, 0.717) is 48.5 Å². The highest BCUT2D eigenvalue weighted by Gasteiger charge is 2.37. The lowest BCUT2D eigenvalue weighted by Crippen LogP contribution is -2.43. The van der Waals surface area contributed by atoms with Crippen molar-refractivity contribution in [2.45, 2.75) is 103 Å². The highest BCUT2D eigenvalue weighted by atomic mass is 16.6. The average molecular weight is 871 g/mol. The lowest BCUT2D eigenvalue weighted by molar-refractivity contribution is -0.383. The minimum atomic E-state index is -0.611. The number of aromatic nitrogens is 4. The number of H-pyrrole nitrogens is 2. The lowest BCUT2D eigenvalue weighted by Gasteiger charge is -2.28. The molecule has 0 radical (unpaired) electrons. The van der Waals surface area contributed by atoms with Gasteiger partial charge in [-0.15, -0.1) is 0 Å². The Hall–Kier alpha value is -7.10. The molecule has 8 rings (SSSR count). The van der Waals surface area contributed by atoms with Crippen molar-refractivity contribution in [2.24, 2.45) is 0 Å². The van der Waals surface area contributed by atoms with Crippen molar-refractivity contribution in [2.75, 3.05) is 18.8 Å². The molecule has 2 aromatic heterocycles. The van der Waals surface area contributed by atoms with Crippen LogP contribution in [0.4, 0.5) is 21.0 Å². The quantitative estimate of drug-likeness (QED) is 0.0707. The number of ketones is 2. The Morgan fingerprint density at radius 1 is 0.672 bits per heavy atom. The molecule has 0 unspecified atom stereocenters. The van der Waals surface area contributed by atoms with E-state index in [2.05, 4.69) is 19.9 Å². The summed E-state index contributed by atoms with van der Waals surface area (Å²) in [6.07, 6.45) is 2.50. The Morgan fingerprint density at radius 2 is 1.09 bits per heavy atom. The predicted molar refractivity (Wildman–Crippen MR) is 243 cm³/mol. The first-order valence-electron chi connectivity index (χ1n) is 21.4. The van der Waals surface area contributed by atoms with Crippen LogP contribution >= 0.6 is 0 Å². The van der Waals surface area contributed by atoms with E-state index in [1.807, 2.05) is 87.5 Å². The van der Waals surface area contributed by atoms with Gasteiger partial charge >= 0.3 is 12.2 Å². The van der Waals surface area contributed by atoms with Crippen molar-refractivity contribution in [3.8, 4) is 22.8 Å². The van der Waals surface area contributed by atoms with Crippen molar-refractivity contribution >= 4 is 57.2 Å². The van der Waals surface area contributed by atoms with Gasteiger partial charge in [0.05, 0.1) is 33.7 Å². The SMILES string of the molecule is CC(C)(C)OC(=O)N1CCC[C@H]1C(=O)Cc1ccc(-c2nc3c(N)cccc3[nH]2)cc1.CC(C)(C)OC(=O)N1CCC[C@H]1C(=O)Cc1ccc(-c2nc3c([N+](=O)[O-])cccc3[nH]2)cc1. The second-order valence-electron chi connectivity index (χ2n) is 18.2. The number of nitrogens with two attached hydrogens (primary N) is 1. The summed E-state index contributed by atoms with van der Waals surface area (Å²) in [4.78, 5) is 80.0. The van der Waals surface area contributed by atoms with E-state index < -0.39 is 40.4 Å². The number of fused-ring (bicyclic) bond motifs is 2. The van der Waals surface area contributed by atoms with Crippen LogP contribution in [0.5, 0.6) is 0 Å². The zero-order chi connectivity index (χ0) is 45.9. The van der Waals surface area contributed by atoms with Gasteiger partial charge in [0.15, 0.2) is 17.1 Å². The van der Waals surface area contributed by atoms with Crippen LogP contribution in [0.3, 0.4) is 0 Å². The summed E-state index contributed by atoms with van der Waals surface area (Å²) in [6.45, 7) is 12.0. The van der Waals surface area contributed by atoms with E-state index >= 15 is 0 Å². The molecule has 334 valence electrons. The van der Waals surface area contributed by atoms with Crippen molar-refractivity contribution in [1.29, 1.82) is 0 Å². The summed E-state index contributed by atoms with van der Waals surface area (Å²) in [7, 11) is 0. The lowest BCUT2D eigenvalue weighted by atomic mass is 10.0. The van der Waals surface area contributed by atoms with Crippen molar-refractivity contribution in [3.63, 3.8) is 0 Å². The number of benzene rings is 4. The second-order valence-corrected chi connectivity index (χ2v) is 18.2. The van der Waals surface area contributed by atoms with Crippen LogP contribution < -0.4 is 5.73 Å². The third-order valence-electron chi connectivity index (χ3n) is 10.9. The van der Waals surface area contributed by atoms with E-state index in [1.165, 1.54) is 11.0 Å². The fourth-order valence-corrected chi connectivity index (χ4v) is 7.97. The number of carbonyl (C=O) groups excluding carboxylic acids is 4. The smallest absolute Gasteiger partial charge is 0.410 e. The fraction of sp³-hybridized carbons (Fsp3) is 0.375. The standard InChI is InChI=1S/C24H26N4O5.C24H28N4O3/c1-24(2,3)33-23(30)27-13-5-8-18(27)20(29)14-15-9-11-16(12-10-15)22-25-17-6-4-7-19(28(31)32)21(17)26-22;1-24(2,3)31-23(30)28-13-5-8-19(28)20(29)14-15-9-11-16(12-10-15)22-26-18-7-4-6-17(25)21(18)27-22/h4,6-7,9-12,18H,5,8,13-14H2,1-3H3,(H,25,26);4,6-7,9-12,19H,5,8,13-14,25H2,1-3H3,(H,26,27)/t18-;19-/m00/s1. The predicted octanol–water partition coefficient (Wildman–Crippen LogP) is 8.97. The second kappa shape index (κ2) is 18.3. The Balaban J connectivity index is 0.000000192. The molecule has 2 aliphatic rings. The van der Waals surface area contributed by atoms with Crippen LogP contribution in [0, 0.1) is 10.1 Å². The molecule has 16 heteroatoms. The molecule has 4 heterocycles. The molecule has 0 bridgehead atoms. The van der Waals surface area contributed by atoms with E-state index in [0.717, 1.165) is 52.0 Å². The molecule has 64 heavy (non-hydrogen) atoms. The number of hydrogen-bond donors (Lipinski definition) is 3. The fourth-order valence-electron chi connectivity index (χ4n) is 7.97. The number of amides is 2. The molecule has 4 aromatic carbocycles. The van der Waals surface area contributed by atoms with Gasteiger partial charge in [-0.1, -0.05) is 60.7 Å². The minimum absolute atomic E-state index is 0.0227. The molecular weight excluding hydrogens is 817 g/mol. The highest BCUT2D eigenvalue weighted by Crippen LogP contribution is 2.29.